The van der Waals surface area contributed by atoms with Gasteiger partial charge in [0.15, 0.2) is 0 Å². The average molecular weight is 485 g/mol. The van der Waals surface area contributed by atoms with Crippen molar-refractivity contribution in [3.8, 4) is 5.75 Å². The van der Waals surface area contributed by atoms with Crippen molar-refractivity contribution in [1.29, 1.82) is 0 Å². The lowest BCUT2D eigenvalue weighted by molar-refractivity contribution is 0.102. The largest absolute Gasteiger partial charge is 0.495 e. The van der Waals surface area contributed by atoms with Gasteiger partial charge in [-0.15, -0.1) is 0 Å². The van der Waals surface area contributed by atoms with Crippen molar-refractivity contribution in [3.05, 3.63) is 87.9 Å². The first-order valence-corrected chi connectivity index (χ1v) is 12.8. The van der Waals surface area contributed by atoms with E-state index in [4.69, 9.17) is 16.3 Å². The van der Waals surface area contributed by atoms with Crippen molar-refractivity contribution in [2.75, 3.05) is 23.0 Å². The van der Waals surface area contributed by atoms with Gasteiger partial charge in [-0.25, -0.2) is 8.42 Å². The molecular formula is C25H25ClN2O4S. The number of carbonyl (C=O) groups excluding carboxylic acids is 1. The molecule has 0 radical (unpaired) electrons. The molecule has 0 fully saturated rings. The van der Waals surface area contributed by atoms with Crippen LogP contribution in [0.2, 0.25) is 5.02 Å². The van der Waals surface area contributed by atoms with Gasteiger partial charge in [0.25, 0.3) is 5.91 Å². The fourth-order valence-electron chi connectivity index (χ4n) is 4.01. The van der Waals surface area contributed by atoms with Crippen molar-refractivity contribution in [3.63, 3.8) is 0 Å². The number of nitrogens with one attached hydrogen (secondary N) is 1. The number of rotatable bonds is 7. The number of hydrogen-bond acceptors (Lipinski definition) is 4. The standard InChI is InChI=1S/C25H25ClN2O4S/c1-32-24-13-11-21(26)15-23(24)27-25(29)19-8-6-17(7-9-19)16-28(33(2,30)31)22-12-10-18-4-3-5-20(18)14-22/h6-15H,3-5,16H2,1-2H3,(H,27,29). The molecule has 3 aromatic rings. The molecule has 0 saturated carbocycles. The van der Waals surface area contributed by atoms with E-state index in [2.05, 4.69) is 5.32 Å². The molecule has 172 valence electrons. The van der Waals surface area contributed by atoms with Crippen molar-refractivity contribution in [2.24, 2.45) is 0 Å². The highest BCUT2D eigenvalue weighted by molar-refractivity contribution is 7.92. The van der Waals surface area contributed by atoms with Crippen LogP contribution in [-0.4, -0.2) is 27.7 Å². The molecule has 1 aliphatic rings. The minimum Gasteiger partial charge on any atom is -0.495 e. The van der Waals surface area contributed by atoms with E-state index >= 15 is 0 Å². The number of halogens is 1. The van der Waals surface area contributed by atoms with E-state index in [0.29, 0.717) is 27.7 Å². The summed E-state index contributed by atoms with van der Waals surface area (Å²) >= 11 is 6.03. The summed E-state index contributed by atoms with van der Waals surface area (Å²) in [5.41, 5.74) is 4.84. The van der Waals surface area contributed by atoms with Crippen molar-refractivity contribution in [2.45, 2.75) is 25.8 Å². The predicted molar refractivity (Wildman–Crippen MR) is 132 cm³/mol. The smallest absolute Gasteiger partial charge is 0.255 e. The van der Waals surface area contributed by atoms with Gasteiger partial charge in [0.2, 0.25) is 10.0 Å². The summed E-state index contributed by atoms with van der Waals surface area (Å²) in [4.78, 5) is 12.7. The first-order chi connectivity index (χ1) is 15.7. The van der Waals surface area contributed by atoms with E-state index in [1.54, 1.807) is 42.5 Å². The Hall–Kier alpha value is -3.03. The first-order valence-electron chi connectivity index (χ1n) is 10.6. The Morgan fingerprint density at radius 2 is 1.76 bits per heavy atom. The van der Waals surface area contributed by atoms with E-state index in [1.165, 1.54) is 28.8 Å². The molecule has 3 aromatic carbocycles. The fourth-order valence-corrected chi connectivity index (χ4v) is 5.07. The second-order valence-corrected chi connectivity index (χ2v) is 10.4. The van der Waals surface area contributed by atoms with E-state index in [0.717, 1.165) is 24.8 Å². The number of anilines is 2. The van der Waals surface area contributed by atoms with Crippen LogP contribution >= 0.6 is 11.6 Å². The zero-order chi connectivity index (χ0) is 23.6. The summed E-state index contributed by atoms with van der Waals surface area (Å²) in [5.74, 6) is 0.184. The molecule has 0 aromatic heterocycles. The predicted octanol–water partition coefficient (Wildman–Crippen LogP) is 5.06. The summed E-state index contributed by atoms with van der Waals surface area (Å²) in [6.07, 6.45) is 4.32. The summed E-state index contributed by atoms with van der Waals surface area (Å²) in [6, 6.07) is 17.7. The highest BCUT2D eigenvalue weighted by Crippen LogP contribution is 2.30. The summed E-state index contributed by atoms with van der Waals surface area (Å²) in [7, 11) is -1.97. The SMILES string of the molecule is COc1ccc(Cl)cc1NC(=O)c1ccc(CN(c2ccc3c(c2)CCC3)S(C)(=O)=O)cc1. The topological polar surface area (TPSA) is 75.7 Å². The van der Waals surface area contributed by atoms with Crippen molar-refractivity contribution >= 4 is 38.9 Å². The number of sulfonamides is 1. The number of fused-ring (bicyclic) bond motifs is 1. The number of ether oxygens (including phenoxy) is 1. The summed E-state index contributed by atoms with van der Waals surface area (Å²) in [5, 5.41) is 3.28. The number of nitrogens with zero attached hydrogens (tertiary/aromatic N) is 1. The molecule has 0 aliphatic heterocycles. The normalized spacial score (nSPS) is 12.8. The third-order valence-corrected chi connectivity index (χ3v) is 7.10. The average Bonchev–Trinajstić information content (AvgIpc) is 3.25. The van der Waals surface area contributed by atoms with Crippen molar-refractivity contribution in [1.82, 2.24) is 0 Å². The molecule has 0 heterocycles. The van der Waals surface area contributed by atoms with Gasteiger partial charge in [0, 0.05) is 10.6 Å². The Labute approximate surface area is 199 Å². The van der Waals surface area contributed by atoms with Gasteiger partial charge in [0.05, 0.1) is 31.3 Å². The lowest BCUT2D eigenvalue weighted by atomic mass is 10.1. The third-order valence-electron chi connectivity index (χ3n) is 5.72. The van der Waals surface area contributed by atoms with E-state index in [1.807, 2.05) is 18.2 Å². The van der Waals surface area contributed by atoms with Crippen LogP contribution in [0.1, 0.15) is 33.5 Å². The maximum absolute atomic E-state index is 12.7. The first kappa shape index (κ1) is 23.1. The Bertz CT molecular complexity index is 1290. The molecule has 33 heavy (non-hydrogen) atoms. The van der Waals surface area contributed by atoms with Gasteiger partial charge in [-0.2, -0.15) is 0 Å². The summed E-state index contributed by atoms with van der Waals surface area (Å²) in [6.45, 7) is 0.182. The Morgan fingerprint density at radius 1 is 1.03 bits per heavy atom. The molecule has 0 unspecified atom stereocenters. The van der Waals surface area contributed by atoms with Gasteiger partial charge in [-0.05, 0) is 78.4 Å². The molecule has 8 heteroatoms. The Kier molecular flexibility index (Phi) is 6.63. The van der Waals surface area contributed by atoms with Gasteiger partial charge in [-0.3, -0.25) is 9.10 Å². The van der Waals surface area contributed by atoms with Crippen LogP contribution in [0, 0.1) is 0 Å². The second-order valence-electron chi connectivity index (χ2n) is 8.07. The van der Waals surface area contributed by atoms with Gasteiger partial charge >= 0.3 is 0 Å². The number of hydrogen-bond donors (Lipinski definition) is 1. The van der Waals surface area contributed by atoms with Crippen LogP contribution in [0.25, 0.3) is 0 Å². The quantitative estimate of drug-likeness (QED) is 0.508. The van der Waals surface area contributed by atoms with Crippen LogP contribution in [-0.2, 0) is 29.4 Å². The number of benzene rings is 3. The van der Waals surface area contributed by atoms with Gasteiger partial charge in [-0.1, -0.05) is 29.8 Å². The number of amides is 1. The number of carbonyl (C=O) groups is 1. The van der Waals surface area contributed by atoms with Crippen LogP contribution in [0.5, 0.6) is 5.75 Å². The van der Waals surface area contributed by atoms with Gasteiger partial charge < -0.3 is 10.1 Å². The van der Waals surface area contributed by atoms with Crippen LogP contribution in [0.3, 0.4) is 0 Å². The fraction of sp³-hybridized carbons (Fsp3) is 0.240. The monoisotopic (exact) mass is 484 g/mol. The Balaban J connectivity index is 1.52. The molecule has 0 atom stereocenters. The molecule has 0 bridgehead atoms. The zero-order valence-electron chi connectivity index (χ0n) is 18.5. The van der Waals surface area contributed by atoms with Crippen LogP contribution in [0.15, 0.2) is 60.7 Å². The minimum atomic E-state index is -3.48. The molecule has 0 saturated heterocycles. The number of methoxy groups -OCH3 is 1. The molecule has 6 nitrogen and oxygen atoms in total. The highest BCUT2D eigenvalue weighted by Gasteiger charge is 2.21. The van der Waals surface area contributed by atoms with Gasteiger partial charge in [0.1, 0.15) is 5.75 Å². The molecule has 1 aliphatic carbocycles. The lowest BCUT2D eigenvalue weighted by Crippen LogP contribution is -2.29. The lowest BCUT2D eigenvalue weighted by Gasteiger charge is -2.23. The molecule has 0 spiro atoms. The molecular weight excluding hydrogens is 460 g/mol. The molecule has 1 amide bonds. The second kappa shape index (κ2) is 9.45. The van der Waals surface area contributed by atoms with E-state index in [-0.39, 0.29) is 12.5 Å². The zero-order valence-corrected chi connectivity index (χ0v) is 20.0. The highest BCUT2D eigenvalue weighted by atomic mass is 35.5. The number of aryl methyl sites for hydroxylation is 2. The van der Waals surface area contributed by atoms with E-state index in [9.17, 15) is 13.2 Å². The summed E-state index contributed by atoms with van der Waals surface area (Å²) < 4.78 is 31.7. The Morgan fingerprint density at radius 3 is 2.45 bits per heavy atom. The molecule has 4 rings (SSSR count). The molecule has 1 N–H and O–H groups in total. The maximum Gasteiger partial charge on any atom is 0.255 e. The van der Waals surface area contributed by atoms with E-state index < -0.39 is 10.0 Å². The van der Waals surface area contributed by atoms with Crippen molar-refractivity contribution < 1.29 is 17.9 Å². The van der Waals surface area contributed by atoms with Crippen LogP contribution < -0.4 is 14.4 Å². The maximum atomic E-state index is 12.7. The van der Waals surface area contributed by atoms with Crippen LogP contribution in [0.4, 0.5) is 11.4 Å². The minimum absolute atomic E-state index is 0.182. The third kappa shape index (κ3) is 5.31.